The van der Waals surface area contributed by atoms with Gasteiger partial charge < -0.3 is 15.5 Å². The molecule has 1 rings (SSSR count). The van der Waals surface area contributed by atoms with Gasteiger partial charge in [-0.3, -0.25) is 4.79 Å². The van der Waals surface area contributed by atoms with E-state index in [2.05, 4.69) is 5.32 Å². The lowest BCUT2D eigenvalue weighted by atomic mass is 9.77. The first-order valence-corrected chi connectivity index (χ1v) is 4.96. The van der Waals surface area contributed by atoms with Crippen LogP contribution in [0.1, 0.15) is 19.3 Å². The van der Waals surface area contributed by atoms with Gasteiger partial charge in [-0.2, -0.15) is 13.2 Å². The summed E-state index contributed by atoms with van der Waals surface area (Å²) in [6, 6.07) is 0. The van der Waals surface area contributed by atoms with Crippen LogP contribution in [0.2, 0.25) is 0 Å². The highest BCUT2D eigenvalue weighted by molar-refractivity contribution is 5.71. The third-order valence-corrected chi connectivity index (χ3v) is 2.99. The third-order valence-electron chi connectivity index (χ3n) is 2.99. The lowest BCUT2D eigenvalue weighted by molar-refractivity contribution is -0.193. The van der Waals surface area contributed by atoms with Crippen LogP contribution in [0.25, 0.3) is 0 Å². The number of nitrogens with one attached hydrogen (secondary N) is 1. The van der Waals surface area contributed by atoms with Crippen LogP contribution in [-0.2, 0) is 4.79 Å². The minimum absolute atomic E-state index is 0.267. The van der Waals surface area contributed by atoms with Gasteiger partial charge in [0.1, 0.15) is 0 Å². The molecule has 0 aromatic heterocycles. The summed E-state index contributed by atoms with van der Waals surface area (Å²) in [6.45, 7) is -0.962. The second-order valence-corrected chi connectivity index (χ2v) is 4.11. The molecule has 1 aliphatic carbocycles. The number of aliphatic carboxylic acids is 1. The zero-order valence-corrected chi connectivity index (χ0v) is 8.55. The van der Waals surface area contributed by atoms with E-state index in [-0.39, 0.29) is 6.61 Å². The van der Waals surface area contributed by atoms with E-state index >= 15 is 0 Å². The SMILES string of the molecule is O=C(O)C(CNC1(CO)CCC1)C(F)(F)F. The molecule has 1 atom stereocenters. The molecule has 0 aromatic rings. The molecule has 0 aromatic carbocycles. The number of alkyl halides is 3. The fourth-order valence-corrected chi connectivity index (χ4v) is 1.66. The predicted molar refractivity (Wildman–Crippen MR) is 48.9 cm³/mol. The second-order valence-electron chi connectivity index (χ2n) is 4.11. The first kappa shape index (κ1) is 13.2. The van der Waals surface area contributed by atoms with Crippen LogP contribution in [-0.4, -0.2) is 41.0 Å². The maximum atomic E-state index is 12.3. The van der Waals surface area contributed by atoms with Gasteiger partial charge in [0.15, 0.2) is 5.92 Å². The van der Waals surface area contributed by atoms with E-state index in [0.29, 0.717) is 12.8 Å². The van der Waals surface area contributed by atoms with Crippen LogP contribution < -0.4 is 5.32 Å². The molecule has 0 heterocycles. The number of carboxylic acids is 1. The molecule has 1 fully saturated rings. The zero-order chi connectivity index (χ0) is 12.4. The van der Waals surface area contributed by atoms with E-state index in [9.17, 15) is 18.0 Å². The Kier molecular flexibility index (Phi) is 3.80. The minimum Gasteiger partial charge on any atom is -0.481 e. The Balaban J connectivity index is 2.53. The van der Waals surface area contributed by atoms with Gasteiger partial charge >= 0.3 is 12.1 Å². The number of carbonyl (C=O) groups is 1. The van der Waals surface area contributed by atoms with E-state index in [1.807, 2.05) is 0 Å². The van der Waals surface area contributed by atoms with Crippen molar-refractivity contribution >= 4 is 5.97 Å². The van der Waals surface area contributed by atoms with Crippen LogP contribution in [0, 0.1) is 5.92 Å². The molecule has 7 heteroatoms. The highest BCUT2D eigenvalue weighted by atomic mass is 19.4. The van der Waals surface area contributed by atoms with Gasteiger partial charge in [-0.25, -0.2) is 0 Å². The fraction of sp³-hybridized carbons (Fsp3) is 0.889. The van der Waals surface area contributed by atoms with Crippen molar-refractivity contribution in [2.75, 3.05) is 13.2 Å². The molecular weight excluding hydrogens is 227 g/mol. The topological polar surface area (TPSA) is 69.6 Å². The number of aliphatic hydroxyl groups is 1. The summed E-state index contributed by atoms with van der Waals surface area (Å²) in [4.78, 5) is 10.4. The Bertz CT molecular complexity index is 258. The van der Waals surface area contributed by atoms with Gasteiger partial charge in [0.2, 0.25) is 0 Å². The number of rotatable bonds is 5. The maximum Gasteiger partial charge on any atom is 0.403 e. The molecular formula is C9H14F3NO3. The van der Waals surface area contributed by atoms with Crippen molar-refractivity contribution in [3.8, 4) is 0 Å². The zero-order valence-electron chi connectivity index (χ0n) is 8.55. The molecule has 0 aliphatic heterocycles. The second kappa shape index (κ2) is 4.58. The highest BCUT2D eigenvalue weighted by Crippen LogP contribution is 2.33. The number of halogens is 3. The molecule has 0 amide bonds. The van der Waals surface area contributed by atoms with Crippen molar-refractivity contribution in [3.05, 3.63) is 0 Å². The van der Waals surface area contributed by atoms with Crippen LogP contribution in [0.5, 0.6) is 0 Å². The smallest absolute Gasteiger partial charge is 0.403 e. The molecule has 0 radical (unpaired) electrons. The quantitative estimate of drug-likeness (QED) is 0.664. The molecule has 4 nitrogen and oxygen atoms in total. The minimum atomic E-state index is -4.76. The Morgan fingerprint density at radius 2 is 2.00 bits per heavy atom. The van der Waals surface area contributed by atoms with Gasteiger partial charge in [-0.15, -0.1) is 0 Å². The molecule has 16 heavy (non-hydrogen) atoms. The molecule has 1 unspecified atom stereocenters. The van der Waals surface area contributed by atoms with E-state index in [1.165, 1.54) is 0 Å². The van der Waals surface area contributed by atoms with Gasteiger partial charge in [0.05, 0.1) is 6.61 Å². The average Bonchev–Trinajstić information content (AvgIpc) is 2.06. The summed E-state index contributed by atoms with van der Waals surface area (Å²) in [5.41, 5.74) is -0.709. The first-order chi connectivity index (χ1) is 7.31. The number of hydrogen-bond acceptors (Lipinski definition) is 3. The van der Waals surface area contributed by atoms with Crippen molar-refractivity contribution in [1.29, 1.82) is 0 Å². The Morgan fingerprint density at radius 3 is 2.25 bits per heavy atom. The molecule has 0 saturated heterocycles. The molecule has 1 saturated carbocycles. The summed E-state index contributed by atoms with van der Waals surface area (Å²) >= 11 is 0. The predicted octanol–water partition coefficient (Wildman–Crippen LogP) is 0.754. The lowest BCUT2D eigenvalue weighted by Crippen LogP contribution is -2.56. The van der Waals surface area contributed by atoms with Crippen LogP contribution >= 0.6 is 0 Å². The number of aliphatic hydroxyl groups excluding tert-OH is 1. The Morgan fingerprint density at radius 1 is 1.44 bits per heavy atom. The van der Waals surface area contributed by atoms with Gasteiger partial charge in [-0.05, 0) is 19.3 Å². The van der Waals surface area contributed by atoms with Crippen molar-refractivity contribution < 1.29 is 28.2 Å². The molecule has 94 valence electrons. The Labute approximate surface area is 90.4 Å². The van der Waals surface area contributed by atoms with E-state index in [0.717, 1.165) is 6.42 Å². The summed E-state index contributed by atoms with van der Waals surface area (Å²) in [6.07, 6.45) is -2.78. The van der Waals surface area contributed by atoms with E-state index in [1.54, 1.807) is 0 Å². The summed E-state index contributed by atoms with van der Waals surface area (Å²) in [7, 11) is 0. The summed E-state index contributed by atoms with van der Waals surface area (Å²) in [5.74, 6) is -4.32. The molecule has 1 aliphatic rings. The standard InChI is InChI=1S/C9H14F3NO3/c10-9(11,12)6(7(15)16)4-13-8(5-14)2-1-3-8/h6,13-14H,1-5H2,(H,15,16). The maximum absolute atomic E-state index is 12.3. The summed E-state index contributed by atoms with van der Waals surface area (Å²) in [5, 5.41) is 20.0. The van der Waals surface area contributed by atoms with E-state index in [4.69, 9.17) is 10.2 Å². The van der Waals surface area contributed by atoms with Crippen molar-refractivity contribution in [2.24, 2.45) is 5.92 Å². The molecule has 0 spiro atoms. The van der Waals surface area contributed by atoms with Crippen LogP contribution in [0.4, 0.5) is 13.2 Å². The van der Waals surface area contributed by atoms with Crippen LogP contribution in [0.15, 0.2) is 0 Å². The van der Waals surface area contributed by atoms with E-state index < -0.39 is 30.1 Å². The average molecular weight is 241 g/mol. The number of hydrogen-bond donors (Lipinski definition) is 3. The first-order valence-electron chi connectivity index (χ1n) is 4.96. The van der Waals surface area contributed by atoms with Gasteiger partial charge in [0, 0.05) is 12.1 Å². The number of carboxylic acid groups (broad SMARTS) is 1. The van der Waals surface area contributed by atoms with Gasteiger partial charge in [0.25, 0.3) is 0 Å². The van der Waals surface area contributed by atoms with Crippen molar-refractivity contribution in [2.45, 2.75) is 31.0 Å². The third kappa shape index (κ3) is 2.85. The van der Waals surface area contributed by atoms with Gasteiger partial charge in [-0.1, -0.05) is 0 Å². The van der Waals surface area contributed by atoms with Crippen LogP contribution in [0.3, 0.4) is 0 Å². The van der Waals surface area contributed by atoms with Crippen molar-refractivity contribution in [3.63, 3.8) is 0 Å². The lowest BCUT2D eigenvalue weighted by Gasteiger charge is -2.42. The molecule has 0 bridgehead atoms. The fourth-order valence-electron chi connectivity index (χ4n) is 1.66. The Hall–Kier alpha value is -0.820. The highest BCUT2D eigenvalue weighted by Gasteiger charge is 2.47. The van der Waals surface area contributed by atoms with Crippen molar-refractivity contribution in [1.82, 2.24) is 5.32 Å². The monoisotopic (exact) mass is 241 g/mol. The largest absolute Gasteiger partial charge is 0.481 e. The normalized spacial score (nSPS) is 21.2. The molecule has 3 N–H and O–H groups in total. The summed E-state index contributed by atoms with van der Waals surface area (Å²) < 4.78 is 36.9.